The molecule has 0 amide bonds. The quantitative estimate of drug-likeness (QED) is 0.706. The number of nitrogens with one attached hydrogen (secondary N) is 1. The molecule has 0 aliphatic carbocycles. The summed E-state index contributed by atoms with van der Waals surface area (Å²) in [6.07, 6.45) is 4.92. The molecule has 1 heterocycles. The van der Waals surface area contributed by atoms with E-state index in [0.717, 1.165) is 38.0 Å². The highest BCUT2D eigenvalue weighted by molar-refractivity contribution is 4.92. The molecule has 5 heteroatoms. The van der Waals surface area contributed by atoms with Crippen molar-refractivity contribution in [2.75, 3.05) is 6.61 Å². The Bertz CT molecular complexity index is 317. The third kappa shape index (κ3) is 6.38. The van der Waals surface area contributed by atoms with Gasteiger partial charge in [-0.15, -0.1) is 5.10 Å². The first-order valence-electron chi connectivity index (χ1n) is 6.26. The average Bonchev–Trinajstić information content (AvgIpc) is 2.69. The third-order valence-corrected chi connectivity index (χ3v) is 2.43. The summed E-state index contributed by atoms with van der Waals surface area (Å²) in [5.74, 6) is 0. The Kier molecular flexibility index (Phi) is 5.58. The summed E-state index contributed by atoms with van der Waals surface area (Å²) in [6.45, 7) is 8.30. The van der Waals surface area contributed by atoms with Crippen LogP contribution in [0.1, 0.15) is 45.7 Å². The summed E-state index contributed by atoms with van der Waals surface area (Å²) in [5.41, 5.74) is 1.08. The molecule has 0 saturated carbocycles. The van der Waals surface area contributed by atoms with Crippen molar-refractivity contribution in [1.29, 1.82) is 0 Å². The largest absolute Gasteiger partial charge is 0.396 e. The minimum absolute atomic E-state index is 0.102. The molecule has 2 N–H and O–H groups in total. The van der Waals surface area contributed by atoms with Crippen LogP contribution in [0.2, 0.25) is 0 Å². The number of aromatic nitrogens is 3. The van der Waals surface area contributed by atoms with Gasteiger partial charge < -0.3 is 10.4 Å². The second-order valence-electron chi connectivity index (χ2n) is 5.36. The van der Waals surface area contributed by atoms with Crippen LogP contribution in [-0.4, -0.2) is 32.2 Å². The zero-order chi connectivity index (χ0) is 12.7. The first kappa shape index (κ1) is 14.1. The second kappa shape index (κ2) is 6.71. The Hall–Kier alpha value is -0.940. The van der Waals surface area contributed by atoms with E-state index in [2.05, 4.69) is 36.4 Å². The zero-order valence-corrected chi connectivity index (χ0v) is 11.1. The molecule has 0 fully saturated rings. The fourth-order valence-corrected chi connectivity index (χ4v) is 1.45. The first-order valence-corrected chi connectivity index (χ1v) is 6.26. The van der Waals surface area contributed by atoms with Gasteiger partial charge in [0.05, 0.1) is 5.69 Å². The highest BCUT2D eigenvalue weighted by Crippen LogP contribution is 2.03. The number of aryl methyl sites for hydroxylation is 1. The molecule has 0 atom stereocenters. The van der Waals surface area contributed by atoms with Gasteiger partial charge >= 0.3 is 0 Å². The molecule has 1 rings (SSSR count). The van der Waals surface area contributed by atoms with Gasteiger partial charge in [-0.05, 0) is 40.0 Å². The van der Waals surface area contributed by atoms with Gasteiger partial charge in [0.1, 0.15) is 0 Å². The number of nitrogens with zero attached hydrogens (tertiary/aromatic N) is 3. The van der Waals surface area contributed by atoms with Crippen LogP contribution < -0.4 is 5.32 Å². The molecule has 0 spiro atoms. The van der Waals surface area contributed by atoms with Crippen LogP contribution in [0.15, 0.2) is 6.20 Å². The Balaban J connectivity index is 2.28. The SMILES string of the molecule is CC(C)(C)NCc1cn(CCCCCO)nn1. The fourth-order valence-electron chi connectivity index (χ4n) is 1.45. The molecule has 0 aliphatic heterocycles. The van der Waals surface area contributed by atoms with Crippen molar-refractivity contribution in [1.82, 2.24) is 20.3 Å². The lowest BCUT2D eigenvalue weighted by atomic mass is 10.1. The maximum absolute atomic E-state index is 8.67. The molecule has 0 bridgehead atoms. The Morgan fingerprint density at radius 3 is 2.71 bits per heavy atom. The van der Waals surface area contributed by atoms with Gasteiger partial charge in [-0.3, -0.25) is 4.68 Å². The van der Waals surface area contributed by atoms with E-state index in [4.69, 9.17) is 5.11 Å². The Labute approximate surface area is 103 Å². The minimum atomic E-state index is 0.102. The Morgan fingerprint density at radius 1 is 1.29 bits per heavy atom. The zero-order valence-electron chi connectivity index (χ0n) is 11.1. The van der Waals surface area contributed by atoms with Crippen molar-refractivity contribution in [3.8, 4) is 0 Å². The monoisotopic (exact) mass is 240 g/mol. The molecular weight excluding hydrogens is 216 g/mol. The first-order chi connectivity index (χ1) is 8.01. The van der Waals surface area contributed by atoms with Gasteiger partial charge in [0.2, 0.25) is 0 Å². The summed E-state index contributed by atoms with van der Waals surface area (Å²) >= 11 is 0. The molecule has 0 unspecified atom stereocenters. The highest BCUT2D eigenvalue weighted by Gasteiger charge is 2.09. The van der Waals surface area contributed by atoms with Gasteiger partial charge in [-0.1, -0.05) is 5.21 Å². The van der Waals surface area contributed by atoms with Crippen molar-refractivity contribution in [3.63, 3.8) is 0 Å². The van der Waals surface area contributed by atoms with Gasteiger partial charge in [0.15, 0.2) is 0 Å². The summed E-state index contributed by atoms with van der Waals surface area (Å²) in [7, 11) is 0. The van der Waals surface area contributed by atoms with Gasteiger partial charge in [0, 0.05) is 31.4 Å². The molecular formula is C12H24N4O. The third-order valence-electron chi connectivity index (χ3n) is 2.43. The molecule has 17 heavy (non-hydrogen) atoms. The molecule has 0 radical (unpaired) electrons. The number of aliphatic hydroxyl groups excluding tert-OH is 1. The van der Waals surface area contributed by atoms with Crippen LogP contribution in [0, 0.1) is 0 Å². The lowest BCUT2D eigenvalue weighted by Crippen LogP contribution is -2.35. The normalized spacial score (nSPS) is 12.0. The van der Waals surface area contributed by atoms with E-state index in [1.54, 1.807) is 0 Å². The van der Waals surface area contributed by atoms with E-state index < -0.39 is 0 Å². The minimum Gasteiger partial charge on any atom is -0.396 e. The van der Waals surface area contributed by atoms with Crippen molar-refractivity contribution in [2.24, 2.45) is 0 Å². The van der Waals surface area contributed by atoms with E-state index in [9.17, 15) is 0 Å². The lowest BCUT2D eigenvalue weighted by Gasteiger charge is -2.19. The predicted octanol–water partition coefficient (Wildman–Crippen LogP) is 1.33. The number of rotatable bonds is 7. The number of hydrogen-bond donors (Lipinski definition) is 2. The smallest absolute Gasteiger partial charge is 0.0965 e. The summed E-state index contributed by atoms with van der Waals surface area (Å²) in [5, 5.41) is 20.2. The van der Waals surface area contributed by atoms with Gasteiger partial charge in [0.25, 0.3) is 0 Å². The maximum Gasteiger partial charge on any atom is 0.0965 e. The van der Waals surface area contributed by atoms with E-state index >= 15 is 0 Å². The molecule has 98 valence electrons. The molecule has 1 aromatic rings. The van der Waals surface area contributed by atoms with E-state index in [1.165, 1.54) is 0 Å². The number of unbranched alkanes of at least 4 members (excludes halogenated alkanes) is 2. The second-order valence-corrected chi connectivity index (χ2v) is 5.36. The maximum atomic E-state index is 8.67. The Morgan fingerprint density at radius 2 is 2.06 bits per heavy atom. The summed E-state index contributed by atoms with van der Waals surface area (Å²) < 4.78 is 1.87. The average molecular weight is 240 g/mol. The lowest BCUT2D eigenvalue weighted by molar-refractivity contribution is 0.281. The van der Waals surface area contributed by atoms with Gasteiger partial charge in [-0.25, -0.2) is 0 Å². The highest BCUT2D eigenvalue weighted by atomic mass is 16.2. The van der Waals surface area contributed by atoms with Crippen molar-refractivity contribution in [2.45, 2.75) is 58.7 Å². The van der Waals surface area contributed by atoms with Crippen molar-refractivity contribution < 1.29 is 5.11 Å². The van der Waals surface area contributed by atoms with Crippen LogP contribution >= 0.6 is 0 Å². The van der Waals surface area contributed by atoms with Crippen molar-refractivity contribution >= 4 is 0 Å². The molecule has 0 saturated heterocycles. The van der Waals surface area contributed by atoms with Crippen LogP contribution in [-0.2, 0) is 13.1 Å². The van der Waals surface area contributed by atoms with E-state index in [-0.39, 0.29) is 12.1 Å². The number of aliphatic hydroxyl groups is 1. The van der Waals surface area contributed by atoms with Gasteiger partial charge in [-0.2, -0.15) is 0 Å². The van der Waals surface area contributed by atoms with Crippen LogP contribution in [0.4, 0.5) is 0 Å². The van der Waals surface area contributed by atoms with E-state index in [0.29, 0.717) is 0 Å². The van der Waals surface area contributed by atoms with Crippen LogP contribution in [0.25, 0.3) is 0 Å². The standard InChI is InChI=1S/C12H24N4O/c1-12(2,3)13-9-11-10-16(15-14-11)7-5-4-6-8-17/h10,13,17H,4-9H2,1-3H3. The number of hydrogen-bond acceptors (Lipinski definition) is 4. The van der Waals surface area contributed by atoms with Crippen LogP contribution in [0.5, 0.6) is 0 Å². The molecule has 5 nitrogen and oxygen atoms in total. The van der Waals surface area contributed by atoms with Crippen molar-refractivity contribution in [3.05, 3.63) is 11.9 Å². The molecule has 1 aromatic heterocycles. The predicted molar refractivity (Wildman–Crippen MR) is 67.6 cm³/mol. The molecule has 0 aromatic carbocycles. The summed E-state index contributed by atoms with van der Waals surface area (Å²) in [6, 6.07) is 0. The molecule has 0 aliphatic rings. The fraction of sp³-hybridized carbons (Fsp3) is 0.833. The van der Waals surface area contributed by atoms with Crippen LogP contribution in [0.3, 0.4) is 0 Å². The topological polar surface area (TPSA) is 63.0 Å². The summed E-state index contributed by atoms with van der Waals surface area (Å²) in [4.78, 5) is 0. The van der Waals surface area contributed by atoms with E-state index in [1.807, 2.05) is 10.9 Å².